The molecule has 3 rings (SSSR count). The van der Waals surface area contributed by atoms with Crippen molar-refractivity contribution >= 4 is 31.8 Å². The molecule has 168 valence electrons. The standard InChI is InChI=1S/C13H11F6N3O6S2/c14-12(15,16)29(25,26)21-5-2-7(11(10(23)24)3-1-4-11)8-9(21)20-6-22(8)30(27,28)13(17,18)19/h2,5-7H,1,3-4H2,(H,23,24). The van der Waals surface area contributed by atoms with E-state index in [2.05, 4.69) is 4.98 Å². The molecule has 0 bridgehead atoms. The molecular formula is C13H11F6N3O6S2. The molecule has 0 aromatic carbocycles. The van der Waals surface area contributed by atoms with Gasteiger partial charge in [0.25, 0.3) is 0 Å². The Hall–Kier alpha value is -2.30. The molecule has 17 heteroatoms. The number of imidazole rings is 1. The summed E-state index contributed by atoms with van der Waals surface area (Å²) in [5, 5.41) is 9.56. The molecule has 30 heavy (non-hydrogen) atoms. The Labute approximate surface area is 164 Å². The number of hydrogen-bond acceptors (Lipinski definition) is 6. The number of carboxylic acids is 1. The Morgan fingerprint density at radius 2 is 1.60 bits per heavy atom. The van der Waals surface area contributed by atoms with E-state index in [1.807, 2.05) is 0 Å². The molecule has 1 aliphatic heterocycles. The number of carbonyl (C=O) groups is 1. The minimum Gasteiger partial charge on any atom is -0.481 e. The highest BCUT2D eigenvalue weighted by Crippen LogP contribution is 2.56. The van der Waals surface area contributed by atoms with Gasteiger partial charge in [-0.1, -0.05) is 12.5 Å². The van der Waals surface area contributed by atoms with Gasteiger partial charge in [0.15, 0.2) is 5.82 Å². The van der Waals surface area contributed by atoms with Crippen molar-refractivity contribution in [3.8, 4) is 0 Å². The summed E-state index contributed by atoms with van der Waals surface area (Å²) in [5.41, 5.74) is -14.8. The zero-order valence-corrected chi connectivity index (χ0v) is 16.0. The Kier molecular flexibility index (Phi) is 4.74. The van der Waals surface area contributed by atoms with E-state index in [-0.39, 0.29) is 19.2 Å². The number of nitrogens with zero attached hydrogens (tertiary/aromatic N) is 3. The third kappa shape index (κ3) is 2.89. The van der Waals surface area contributed by atoms with Gasteiger partial charge in [-0.2, -0.15) is 43.2 Å². The second kappa shape index (κ2) is 6.35. The van der Waals surface area contributed by atoms with Crippen LogP contribution in [0.15, 0.2) is 18.6 Å². The van der Waals surface area contributed by atoms with Gasteiger partial charge in [0.2, 0.25) is 0 Å². The maximum Gasteiger partial charge on any atom is 0.517 e. The smallest absolute Gasteiger partial charge is 0.481 e. The van der Waals surface area contributed by atoms with Gasteiger partial charge in [-0.15, -0.1) is 0 Å². The van der Waals surface area contributed by atoms with Crippen LogP contribution in [0.2, 0.25) is 0 Å². The molecule has 1 fully saturated rings. The fraction of sp³-hybridized carbons (Fsp3) is 0.538. The van der Waals surface area contributed by atoms with E-state index in [4.69, 9.17) is 0 Å². The summed E-state index contributed by atoms with van der Waals surface area (Å²) in [6.45, 7) is 0. The van der Waals surface area contributed by atoms with Crippen LogP contribution in [0.5, 0.6) is 0 Å². The molecule has 0 saturated heterocycles. The van der Waals surface area contributed by atoms with E-state index in [1.54, 1.807) is 0 Å². The van der Waals surface area contributed by atoms with Crippen LogP contribution in [0.4, 0.5) is 32.2 Å². The quantitative estimate of drug-likeness (QED) is 0.650. The Bertz CT molecular complexity index is 1130. The average molecular weight is 483 g/mol. The predicted octanol–water partition coefficient (Wildman–Crippen LogP) is 2.10. The Balaban J connectivity index is 2.32. The highest BCUT2D eigenvalue weighted by Gasteiger charge is 2.58. The summed E-state index contributed by atoms with van der Waals surface area (Å²) in [6, 6.07) is 0. The highest BCUT2D eigenvalue weighted by atomic mass is 32.2. The van der Waals surface area contributed by atoms with Crippen LogP contribution < -0.4 is 4.31 Å². The van der Waals surface area contributed by atoms with Crippen molar-refractivity contribution in [3.05, 3.63) is 24.3 Å². The van der Waals surface area contributed by atoms with E-state index >= 15 is 0 Å². The van der Waals surface area contributed by atoms with Crippen molar-refractivity contribution in [2.45, 2.75) is 36.2 Å². The van der Waals surface area contributed by atoms with E-state index < -0.39 is 68.2 Å². The molecule has 1 atom stereocenters. The summed E-state index contributed by atoms with van der Waals surface area (Å²) >= 11 is 0. The number of hydrogen-bond donors (Lipinski definition) is 1. The second-order valence-corrected chi connectivity index (χ2v) is 10.2. The first-order valence-electron chi connectivity index (χ1n) is 7.90. The lowest BCUT2D eigenvalue weighted by atomic mass is 9.60. The molecule has 0 radical (unpaired) electrons. The largest absolute Gasteiger partial charge is 0.517 e. The third-order valence-electron chi connectivity index (χ3n) is 5.04. The average Bonchev–Trinajstić information content (AvgIpc) is 2.96. The third-order valence-corrected chi connectivity index (χ3v) is 7.83. The first kappa shape index (κ1) is 22.4. The molecule has 2 heterocycles. The van der Waals surface area contributed by atoms with Crippen LogP contribution >= 0.6 is 0 Å². The predicted molar refractivity (Wildman–Crippen MR) is 85.9 cm³/mol. The number of rotatable bonds is 4. The SMILES string of the molecule is O=C(O)C1(C2C=CN(S(=O)(=O)C(F)(F)F)c3ncn(S(=O)(=O)C(F)(F)F)c32)CCC1. The van der Waals surface area contributed by atoms with Crippen molar-refractivity contribution < 1.29 is 53.1 Å². The second-order valence-electron chi connectivity index (χ2n) is 6.58. The molecule has 1 unspecified atom stereocenters. The molecule has 1 saturated carbocycles. The van der Waals surface area contributed by atoms with Gasteiger partial charge in [0, 0.05) is 12.1 Å². The summed E-state index contributed by atoms with van der Waals surface area (Å²) < 4.78 is 125. The molecule has 2 aliphatic rings. The molecule has 1 N–H and O–H groups in total. The minimum atomic E-state index is -6.26. The molecule has 9 nitrogen and oxygen atoms in total. The van der Waals surface area contributed by atoms with Crippen molar-refractivity contribution in [2.75, 3.05) is 4.31 Å². The van der Waals surface area contributed by atoms with Gasteiger partial charge >= 0.3 is 37.0 Å². The zero-order chi connectivity index (χ0) is 22.9. The van der Waals surface area contributed by atoms with E-state index in [0.29, 0.717) is 18.7 Å². The number of aromatic nitrogens is 2. The monoisotopic (exact) mass is 483 g/mol. The lowest BCUT2D eigenvalue weighted by molar-refractivity contribution is -0.155. The minimum absolute atomic E-state index is 0.000596. The topological polar surface area (TPSA) is 127 Å². The molecule has 0 amide bonds. The van der Waals surface area contributed by atoms with Gasteiger partial charge in [-0.05, 0) is 12.8 Å². The van der Waals surface area contributed by atoms with Crippen molar-refractivity contribution in [1.29, 1.82) is 0 Å². The van der Waals surface area contributed by atoms with Gasteiger partial charge in [-0.25, -0.2) is 13.3 Å². The number of alkyl halides is 6. The fourth-order valence-electron chi connectivity index (χ4n) is 3.38. The summed E-state index contributed by atoms with van der Waals surface area (Å²) in [7, 11) is -12.5. The van der Waals surface area contributed by atoms with Gasteiger partial charge in [0.05, 0.1) is 11.1 Å². The van der Waals surface area contributed by atoms with E-state index in [9.17, 15) is 53.1 Å². The number of sulfonamides is 1. The van der Waals surface area contributed by atoms with Crippen molar-refractivity contribution in [1.82, 2.24) is 8.96 Å². The van der Waals surface area contributed by atoms with Crippen LogP contribution in [-0.4, -0.2) is 47.9 Å². The van der Waals surface area contributed by atoms with Crippen LogP contribution in [0.1, 0.15) is 30.9 Å². The molecule has 1 aromatic rings. The molecular weight excluding hydrogens is 472 g/mol. The number of anilines is 1. The Morgan fingerprint density at radius 1 is 1.07 bits per heavy atom. The summed E-state index contributed by atoms with van der Waals surface area (Å²) in [6.07, 6.45) is 0.997. The van der Waals surface area contributed by atoms with Gasteiger partial charge in [-0.3, -0.25) is 4.79 Å². The van der Waals surface area contributed by atoms with E-state index in [0.717, 1.165) is 0 Å². The van der Waals surface area contributed by atoms with Crippen LogP contribution in [-0.2, 0) is 24.8 Å². The number of fused-ring (bicyclic) bond motifs is 1. The number of aliphatic carboxylic acids is 1. The van der Waals surface area contributed by atoms with Crippen molar-refractivity contribution in [2.24, 2.45) is 5.41 Å². The lowest BCUT2D eigenvalue weighted by Crippen LogP contribution is -2.47. The van der Waals surface area contributed by atoms with Crippen LogP contribution in [0.3, 0.4) is 0 Å². The van der Waals surface area contributed by atoms with Crippen molar-refractivity contribution in [3.63, 3.8) is 0 Å². The molecule has 0 spiro atoms. The highest BCUT2D eigenvalue weighted by molar-refractivity contribution is 7.93. The summed E-state index contributed by atoms with van der Waals surface area (Å²) in [5.74, 6) is -4.49. The van der Waals surface area contributed by atoms with Crippen LogP contribution in [0, 0.1) is 5.41 Å². The van der Waals surface area contributed by atoms with Gasteiger partial charge < -0.3 is 5.11 Å². The lowest BCUT2D eigenvalue weighted by Gasteiger charge is -2.44. The molecule has 1 aliphatic carbocycles. The normalized spacial score (nSPS) is 21.8. The first-order valence-corrected chi connectivity index (χ1v) is 10.8. The maximum atomic E-state index is 13.1. The van der Waals surface area contributed by atoms with Crippen LogP contribution in [0.25, 0.3) is 0 Å². The zero-order valence-electron chi connectivity index (χ0n) is 14.3. The molecule has 1 aromatic heterocycles. The van der Waals surface area contributed by atoms with Gasteiger partial charge in [0.1, 0.15) is 6.33 Å². The fourth-order valence-corrected chi connectivity index (χ4v) is 5.05. The summed E-state index contributed by atoms with van der Waals surface area (Å²) in [4.78, 5) is 14.9. The first-order chi connectivity index (χ1) is 13.5. The Morgan fingerprint density at radius 3 is 2.00 bits per heavy atom. The van der Waals surface area contributed by atoms with E-state index in [1.165, 1.54) is 0 Å². The maximum absolute atomic E-state index is 13.1. The number of allylic oxidation sites excluding steroid dienone is 1. The number of halogens is 6. The number of carboxylic acid groups (broad SMARTS) is 1.